The Morgan fingerprint density at radius 3 is 2.69 bits per heavy atom. The first kappa shape index (κ1) is 19.2. The largest absolute Gasteiger partial charge is 0.477 e. The molecular formula is C19H17F3N4O3. The fraction of sp³-hybridized carbons (Fsp3) is 0.316. The van der Waals surface area contributed by atoms with Crippen LogP contribution < -0.4 is 15.6 Å². The van der Waals surface area contributed by atoms with Gasteiger partial charge in [-0.2, -0.15) is 0 Å². The van der Waals surface area contributed by atoms with Gasteiger partial charge in [0.25, 0.3) is 0 Å². The Bertz CT molecular complexity index is 1210. The number of carboxylic acids is 1. The van der Waals surface area contributed by atoms with Gasteiger partial charge in [-0.3, -0.25) is 4.79 Å². The van der Waals surface area contributed by atoms with E-state index in [1.807, 2.05) is 0 Å². The van der Waals surface area contributed by atoms with Gasteiger partial charge in [-0.05, 0) is 19.2 Å². The standard InChI is InChI=1S/C19H17F3N4O3/c1-23-10-6-26(7-10)16-13(21)5-9-4-11-17(27)12(19(28)29)8-25(3-2-20)18(11)24-15(9)14(16)22/h4-5,8,10,23H,2-3,6-7H2,1H3,(H,28,29). The van der Waals surface area contributed by atoms with Gasteiger partial charge < -0.3 is 19.9 Å². The number of aryl methyl sites for hydroxylation is 1. The number of pyridine rings is 2. The number of carbonyl (C=O) groups is 1. The number of carboxylic acid groups (broad SMARTS) is 1. The Balaban J connectivity index is 1.99. The average molecular weight is 406 g/mol. The first-order chi connectivity index (χ1) is 13.8. The molecule has 3 aromatic rings. The summed E-state index contributed by atoms with van der Waals surface area (Å²) in [5, 5.41) is 12.1. The third-order valence-corrected chi connectivity index (χ3v) is 5.16. The van der Waals surface area contributed by atoms with Crippen LogP contribution in [0.2, 0.25) is 0 Å². The van der Waals surface area contributed by atoms with E-state index in [0.717, 1.165) is 16.8 Å². The fourth-order valence-electron chi connectivity index (χ4n) is 3.58. The van der Waals surface area contributed by atoms with Crippen molar-refractivity contribution in [2.75, 3.05) is 31.7 Å². The van der Waals surface area contributed by atoms with E-state index in [0.29, 0.717) is 13.1 Å². The number of anilines is 1. The summed E-state index contributed by atoms with van der Waals surface area (Å²) in [7, 11) is 1.76. The molecule has 0 radical (unpaired) electrons. The molecule has 0 aliphatic carbocycles. The zero-order valence-corrected chi connectivity index (χ0v) is 15.4. The van der Waals surface area contributed by atoms with Crippen molar-refractivity contribution in [1.82, 2.24) is 14.9 Å². The van der Waals surface area contributed by atoms with E-state index >= 15 is 4.39 Å². The Morgan fingerprint density at radius 2 is 2.07 bits per heavy atom. The number of halogens is 3. The molecule has 1 aliphatic heterocycles. The van der Waals surface area contributed by atoms with Crippen molar-refractivity contribution in [3.8, 4) is 0 Å². The van der Waals surface area contributed by atoms with Gasteiger partial charge in [0.1, 0.15) is 34.9 Å². The maximum absolute atomic E-state index is 15.2. The van der Waals surface area contributed by atoms with Crippen molar-refractivity contribution in [3.05, 3.63) is 45.8 Å². The molecular weight excluding hydrogens is 389 g/mol. The highest BCUT2D eigenvalue weighted by Crippen LogP contribution is 2.33. The van der Waals surface area contributed by atoms with Crippen LogP contribution in [-0.2, 0) is 6.54 Å². The van der Waals surface area contributed by atoms with Crippen LogP contribution in [0.4, 0.5) is 18.9 Å². The number of aromatic carboxylic acids is 1. The molecule has 10 heteroatoms. The highest BCUT2D eigenvalue weighted by Gasteiger charge is 2.31. The number of benzene rings is 1. The van der Waals surface area contributed by atoms with Crippen molar-refractivity contribution in [2.24, 2.45) is 0 Å². The van der Waals surface area contributed by atoms with Crippen molar-refractivity contribution in [1.29, 1.82) is 0 Å². The minimum absolute atomic E-state index is 0.0216. The predicted octanol–water partition coefficient (Wildman–Crippen LogP) is 1.90. The Kier molecular flexibility index (Phi) is 4.65. The summed E-state index contributed by atoms with van der Waals surface area (Å²) >= 11 is 0. The molecule has 1 fully saturated rings. The number of fused-ring (bicyclic) bond motifs is 2. The lowest BCUT2D eigenvalue weighted by Gasteiger charge is -2.41. The minimum atomic E-state index is -1.48. The summed E-state index contributed by atoms with van der Waals surface area (Å²) in [6.45, 7) is -0.246. The van der Waals surface area contributed by atoms with Crippen LogP contribution in [-0.4, -0.2) is 53.5 Å². The van der Waals surface area contributed by atoms with Crippen LogP contribution in [0.15, 0.2) is 23.1 Å². The lowest BCUT2D eigenvalue weighted by Crippen LogP contribution is -2.57. The van der Waals surface area contributed by atoms with Crippen LogP contribution in [0.1, 0.15) is 10.4 Å². The summed E-state index contributed by atoms with van der Waals surface area (Å²) in [5.74, 6) is -3.16. The third-order valence-electron chi connectivity index (χ3n) is 5.16. The second kappa shape index (κ2) is 7.03. The van der Waals surface area contributed by atoms with Gasteiger partial charge in [0.2, 0.25) is 5.43 Å². The molecule has 29 heavy (non-hydrogen) atoms. The van der Waals surface area contributed by atoms with E-state index < -0.39 is 35.3 Å². The number of alkyl halides is 1. The third kappa shape index (κ3) is 3.00. The minimum Gasteiger partial charge on any atom is -0.477 e. The maximum atomic E-state index is 15.2. The van der Waals surface area contributed by atoms with E-state index in [9.17, 15) is 23.5 Å². The van der Waals surface area contributed by atoms with Gasteiger partial charge in [-0.15, -0.1) is 0 Å². The molecule has 3 heterocycles. The van der Waals surface area contributed by atoms with Crippen molar-refractivity contribution >= 4 is 33.6 Å². The monoisotopic (exact) mass is 406 g/mol. The van der Waals surface area contributed by atoms with Crippen LogP contribution >= 0.6 is 0 Å². The number of hydrogen-bond acceptors (Lipinski definition) is 5. The normalized spacial score (nSPS) is 14.6. The molecule has 7 nitrogen and oxygen atoms in total. The molecule has 1 aliphatic rings. The molecule has 4 rings (SSSR count). The second-order valence-electron chi connectivity index (χ2n) is 6.90. The lowest BCUT2D eigenvalue weighted by molar-refractivity contribution is 0.0694. The molecule has 0 atom stereocenters. The molecule has 0 unspecified atom stereocenters. The first-order valence-electron chi connectivity index (χ1n) is 8.93. The Labute approximate surface area is 162 Å². The summed E-state index contributed by atoms with van der Waals surface area (Å²) < 4.78 is 43.9. The SMILES string of the molecule is CNC1CN(c2c(F)cc3cc4c(=O)c(C(=O)O)cn(CCF)c4nc3c2F)C1. The van der Waals surface area contributed by atoms with Crippen molar-refractivity contribution in [3.63, 3.8) is 0 Å². The number of aromatic nitrogens is 2. The zero-order valence-electron chi connectivity index (χ0n) is 15.4. The van der Waals surface area contributed by atoms with Crippen molar-refractivity contribution < 1.29 is 23.1 Å². The van der Waals surface area contributed by atoms with Gasteiger partial charge in [0.15, 0.2) is 5.82 Å². The molecule has 1 aromatic carbocycles. The number of hydrogen-bond donors (Lipinski definition) is 2. The molecule has 2 N–H and O–H groups in total. The van der Waals surface area contributed by atoms with Gasteiger partial charge in [0, 0.05) is 30.7 Å². The Hall–Kier alpha value is -3.14. The number of rotatable bonds is 5. The lowest BCUT2D eigenvalue weighted by atomic mass is 10.0. The van der Waals surface area contributed by atoms with E-state index in [-0.39, 0.29) is 40.2 Å². The predicted molar refractivity (Wildman–Crippen MR) is 101 cm³/mol. The molecule has 0 amide bonds. The van der Waals surface area contributed by atoms with Crippen LogP contribution in [0.25, 0.3) is 21.9 Å². The van der Waals surface area contributed by atoms with Crippen LogP contribution in [0.5, 0.6) is 0 Å². The van der Waals surface area contributed by atoms with Gasteiger partial charge in [0.05, 0.1) is 11.9 Å². The highest BCUT2D eigenvalue weighted by molar-refractivity contribution is 5.97. The number of likely N-dealkylation sites (N-methyl/N-ethyl adjacent to an activating group) is 1. The average Bonchev–Trinajstić information content (AvgIpc) is 2.64. The molecule has 0 spiro atoms. The summed E-state index contributed by atoms with van der Waals surface area (Å²) in [6.07, 6.45) is 0.987. The van der Waals surface area contributed by atoms with Gasteiger partial charge in [-0.1, -0.05) is 0 Å². The van der Waals surface area contributed by atoms with E-state index in [1.165, 1.54) is 6.07 Å². The topological polar surface area (TPSA) is 87.5 Å². The van der Waals surface area contributed by atoms with Crippen molar-refractivity contribution in [2.45, 2.75) is 12.6 Å². The molecule has 152 valence electrons. The first-order valence-corrected chi connectivity index (χ1v) is 8.93. The number of nitrogens with zero attached hydrogens (tertiary/aromatic N) is 3. The van der Waals surface area contributed by atoms with Gasteiger partial charge in [-0.25, -0.2) is 22.9 Å². The second-order valence-corrected chi connectivity index (χ2v) is 6.90. The Morgan fingerprint density at radius 1 is 1.34 bits per heavy atom. The van der Waals surface area contributed by atoms with Crippen LogP contribution in [0.3, 0.4) is 0 Å². The van der Waals surface area contributed by atoms with Gasteiger partial charge >= 0.3 is 5.97 Å². The highest BCUT2D eigenvalue weighted by atomic mass is 19.1. The smallest absolute Gasteiger partial charge is 0.341 e. The quantitative estimate of drug-likeness (QED) is 0.630. The van der Waals surface area contributed by atoms with Crippen LogP contribution in [0, 0.1) is 11.6 Å². The van der Waals surface area contributed by atoms with E-state index in [4.69, 9.17) is 0 Å². The molecule has 1 saturated heterocycles. The molecule has 0 bridgehead atoms. The number of nitrogens with one attached hydrogen (secondary N) is 1. The zero-order chi connectivity index (χ0) is 20.9. The van der Waals surface area contributed by atoms with E-state index in [1.54, 1.807) is 11.9 Å². The molecule has 0 saturated carbocycles. The maximum Gasteiger partial charge on any atom is 0.341 e. The summed E-state index contributed by atoms with van der Waals surface area (Å²) in [6, 6.07) is 2.39. The fourth-order valence-corrected chi connectivity index (χ4v) is 3.58. The summed E-state index contributed by atoms with van der Waals surface area (Å²) in [5.41, 5.74) is -1.85. The van der Waals surface area contributed by atoms with E-state index in [2.05, 4.69) is 10.3 Å². The summed E-state index contributed by atoms with van der Waals surface area (Å²) in [4.78, 5) is 29.6. The molecule has 2 aromatic heterocycles.